The Bertz CT molecular complexity index is 1650. The number of methoxy groups -OCH3 is 1. The molecule has 3 heterocycles. The number of carbonyl (C=O) groups is 1. The van der Waals surface area contributed by atoms with Crippen molar-refractivity contribution in [3.63, 3.8) is 0 Å². The molecule has 2 aliphatic heterocycles. The average molecular weight is 550 g/mol. The summed E-state index contributed by atoms with van der Waals surface area (Å²) in [4.78, 5) is 17.0. The number of hydrogen-bond acceptors (Lipinski definition) is 7. The van der Waals surface area contributed by atoms with Gasteiger partial charge >= 0.3 is 5.91 Å². The first-order chi connectivity index (χ1) is 18.8. The number of ether oxygens (including phenoxy) is 1. The molecule has 10 heteroatoms. The van der Waals surface area contributed by atoms with E-state index in [1.54, 1.807) is 12.1 Å². The third kappa shape index (κ3) is 4.69. The van der Waals surface area contributed by atoms with Crippen LogP contribution in [0.25, 0.3) is 11.0 Å². The molecule has 2 fully saturated rings. The third-order valence-corrected chi connectivity index (χ3v) is 8.80. The van der Waals surface area contributed by atoms with Gasteiger partial charge in [0.1, 0.15) is 22.0 Å². The number of nitrogens with one attached hydrogen (secondary N) is 1. The van der Waals surface area contributed by atoms with E-state index in [4.69, 9.17) is 9.15 Å². The van der Waals surface area contributed by atoms with Gasteiger partial charge in [0.15, 0.2) is 5.76 Å². The molecular weight excluding hydrogens is 521 g/mol. The first-order valence-electron chi connectivity index (χ1n) is 12.9. The molecule has 0 radical (unpaired) electrons. The molecule has 1 N–H and O–H groups in total. The molecule has 2 saturated heterocycles. The van der Waals surface area contributed by atoms with Crippen LogP contribution in [-0.2, 0) is 10.0 Å². The average Bonchev–Trinajstić information content (AvgIpc) is 3.56. The van der Waals surface area contributed by atoms with Gasteiger partial charge in [0.25, 0.3) is 10.0 Å². The van der Waals surface area contributed by atoms with Crippen LogP contribution in [0.4, 0.5) is 15.8 Å². The summed E-state index contributed by atoms with van der Waals surface area (Å²) >= 11 is 0. The first-order valence-corrected chi connectivity index (χ1v) is 14.4. The van der Waals surface area contributed by atoms with Crippen LogP contribution in [0.3, 0.4) is 0 Å². The number of hydrogen-bond donors (Lipinski definition) is 1. The lowest BCUT2D eigenvalue weighted by molar-refractivity contribution is 0.0956. The van der Waals surface area contributed by atoms with Gasteiger partial charge in [-0.1, -0.05) is 30.3 Å². The lowest BCUT2D eigenvalue weighted by Crippen LogP contribution is -2.36. The lowest BCUT2D eigenvalue weighted by Gasteiger charge is -2.33. The van der Waals surface area contributed by atoms with Crippen molar-refractivity contribution >= 4 is 38.3 Å². The van der Waals surface area contributed by atoms with Gasteiger partial charge in [-0.05, 0) is 49.1 Å². The Labute approximate surface area is 226 Å². The van der Waals surface area contributed by atoms with Gasteiger partial charge in [-0.15, -0.1) is 0 Å². The van der Waals surface area contributed by atoms with Gasteiger partial charge in [0.05, 0.1) is 18.5 Å². The summed E-state index contributed by atoms with van der Waals surface area (Å²) in [5.74, 6) is -1.73. The number of furan rings is 1. The van der Waals surface area contributed by atoms with E-state index >= 15 is 0 Å². The quantitative estimate of drug-likeness (QED) is 0.337. The summed E-state index contributed by atoms with van der Waals surface area (Å²) in [6.45, 7) is 2.41. The molecule has 1 unspecified atom stereocenters. The number of rotatable bonds is 7. The molecule has 4 aromatic rings. The maximum absolute atomic E-state index is 14.7. The van der Waals surface area contributed by atoms with Crippen molar-refractivity contribution in [2.24, 2.45) is 0 Å². The molecule has 202 valence electrons. The molecule has 0 saturated carbocycles. The minimum absolute atomic E-state index is 0.101. The van der Waals surface area contributed by atoms with Gasteiger partial charge in [0, 0.05) is 43.1 Å². The standard InChI is InChI=1S/C29H28FN3O5S/c1-37-25-11-10-20(33-14-5-9-24(33)19-7-3-2-4-8-19)17-28(25)39(35,36)31-29(34)27-18-22-23(30)15-21(16-26(22)38-27)32-12-6-13-32/h2-4,7-8,10-11,15-18,24H,5-6,9,12-14H2,1H3,(H,31,34). The molecule has 1 atom stereocenters. The van der Waals surface area contributed by atoms with Gasteiger partial charge in [-0.25, -0.2) is 17.5 Å². The summed E-state index contributed by atoms with van der Waals surface area (Å²) in [5, 5.41) is 0.113. The van der Waals surface area contributed by atoms with Crippen LogP contribution in [0.5, 0.6) is 5.75 Å². The SMILES string of the molecule is COc1ccc(N2CCCC2c2ccccc2)cc1S(=O)(=O)NC(=O)c1cc2c(F)cc(N3CCC3)cc2o1. The number of sulfonamides is 1. The number of nitrogens with zero attached hydrogens (tertiary/aromatic N) is 2. The Morgan fingerprint density at radius 1 is 1.00 bits per heavy atom. The van der Waals surface area contributed by atoms with Crippen LogP contribution in [0.1, 0.15) is 41.4 Å². The summed E-state index contributed by atoms with van der Waals surface area (Å²) in [6, 6.07) is 19.4. The number of carbonyl (C=O) groups excluding carboxylic acids is 1. The molecule has 3 aromatic carbocycles. The molecule has 39 heavy (non-hydrogen) atoms. The van der Waals surface area contributed by atoms with E-state index in [1.807, 2.05) is 29.2 Å². The molecule has 1 aromatic heterocycles. The minimum Gasteiger partial charge on any atom is -0.495 e. The van der Waals surface area contributed by atoms with Crippen LogP contribution in [0.15, 0.2) is 76.0 Å². The highest BCUT2D eigenvalue weighted by atomic mass is 32.2. The van der Waals surface area contributed by atoms with Crippen molar-refractivity contribution in [2.45, 2.75) is 30.2 Å². The molecule has 8 nitrogen and oxygen atoms in total. The summed E-state index contributed by atoms with van der Waals surface area (Å²) in [6.07, 6.45) is 2.93. The molecule has 0 aliphatic carbocycles. The fourth-order valence-electron chi connectivity index (χ4n) is 5.33. The number of amides is 1. The Hall–Kier alpha value is -4.05. The number of anilines is 2. The maximum Gasteiger partial charge on any atom is 0.300 e. The van der Waals surface area contributed by atoms with E-state index in [0.717, 1.165) is 44.5 Å². The topological polar surface area (TPSA) is 92.1 Å². The van der Waals surface area contributed by atoms with Crippen molar-refractivity contribution in [1.29, 1.82) is 0 Å². The second kappa shape index (κ2) is 9.92. The predicted octanol–water partition coefficient (Wildman–Crippen LogP) is 5.25. The fraction of sp³-hybridized carbons (Fsp3) is 0.276. The van der Waals surface area contributed by atoms with Crippen molar-refractivity contribution in [3.05, 3.63) is 83.9 Å². The van der Waals surface area contributed by atoms with E-state index in [1.165, 1.54) is 25.3 Å². The smallest absolute Gasteiger partial charge is 0.300 e. The predicted molar refractivity (Wildman–Crippen MR) is 146 cm³/mol. The summed E-state index contributed by atoms with van der Waals surface area (Å²) < 4.78 is 54.6. The lowest BCUT2D eigenvalue weighted by atomic mass is 10.0. The normalized spacial score (nSPS) is 17.3. The second-order valence-corrected chi connectivity index (χ2v) is 11.5. The molecule has 0 bridgehead atoms. The molecule has 6 rings (SSSR count). The van der Waals surface area contributed by atoms with E-state index in [2.05, 4.69) is 21.8 Å². The monoisotopic (exact) mass is 549 g/mol. The zero-order chi connectivity index (χ0) is 27.1. The number of halogens is 1. The van der Waals surface area contributed by atoms with Crippen LogP contribution in [0.2, 0.25) is 0 Å². The van der Waals surface area contributed by atoms with E-state index < -0.39 is 21.7 Å². The van der Waals surface area contributed by atoms with Crippen molar-refractivity contribution < 1.29 is 26.8 Å². The summed E-state index contributed by atoms with van der Waals surface area (Å²) in [7, 11) is -2.99. The van der Waals surface area contributed by atoms with Crippen LogP contribution in [0, 0.1) is 5.82 Å². The van der Waals surface area contributed by atoms with Crippen LogP contribution < -0.4 is 19.3 Å². The third-order valence-electron chi connectivity index (χ3n) is 7.45. The van der Waals surface area contributed by atoms with Crippen molar-refractivity contribution in [2.75, 3.05) is 36.5 Å². The Morgan fingerprint density at radius 2 is 1.79 bits per heavy atom. The molecule has 0 spiro atoms. The zero-order valence-electron chi connectivity index (χ0n) is 21.4. The highest BCUT2D eigenvalue weighted by molar-refractivity contribution is 7.90. The van der Waals surface area contributed by atoms with Gasteiger partial charge in [-0.3, -0.25) is 4.79 Å². The van der Waals surface area contributed by atoms with E-state index in [-0.39, 0.29) is 33.4 Å². The number of benzene rings is 3. The highest BCUT2D eigenvalue weighted by Gasteiger charge is 2.30. The highest BCUT2D eigenvalue weighted by Crippen LogP contribution is 2.39. The van der Waals surface area contributed by atoms with Crippen molar-refractivity contribution in [3.8, 4) is 5.75 Å². The van der Waals surface area contributed by atoms with Gasteiger partial charge < -0.3 is 19.0 Å². The van der Waals surface area contributed by atoms with E-state index in [0.29, 0.717) is 11.4 Å². The molecule has 1 amide bonds. The zero-order valence-corrected chi connectivity index (χ0v) is 22.2. The fourth-order valence-corrected chi connectivity index (χ4v) is 6.48. The van der Waals surface area contributed by atoms with Crippen LogP contribution in [-0.4, -0.2) is 41.1 Å². The summed E-state index contributed by atoms with van der Waals surface area (Å²) in [5.41, 5.74) is 2.70. The Kier molecular flexibility index (Phi) is 6.42. The largest absolute Gasteiger partial charge is 0.495 e. The van der Waals surface area contributed by atoms with Crippen LogP contribution >= 0.6 is 0 Å². The second-order valence-electron chi connectivity index (χ2n) is 9.82. The number of fused-ring (bicyclic) bond motifs is 1. The minimum atomic E-state index is -4.36. The first kappa shape index (κ1) is 25.2. The van der Waals surface area contributed by atoms with Crippen molar-refractivity contribution in [1.82, 2.24) is 4.72 Å². The Morgan fingerprint density at radius 3 is 2.51 bits per heavy atom. The van der Waals surface area contributed by atoms with Gasteiger partial charge in [0.2, 0.25) is 0 Å². The van der Waals surface area contributed by atoms with E-state index in [9.17, 15) is 17.6 Å². The van der Waals surface area contributed by atoms with Gasteiger partial charge in [-0.2, -0.15) is 0 Å². The Balaban J connectivity index is 1.29. The molecule has 2 aliphatic rings. The molecular formula is C29H28FN3O5S. The maximum atomic E-state index is 14.7.